The Morgan fingerprint density at radius 2 is 2.08 bits per heavy atom. The highest BCUT2D eigenvalue weighted by Gasteiger charge is 2.42. The van der Waals surface area contributed by atoms with Crippen molar-refractivity contribution < 1.29 is 19.1 Å². The molecule has 2 aliphatic heterocycles. The lowest BCUT2D eigenvalue weighted by Gasteiger charge is -2.29. The van der Waals surface area contributed by atoms with Crippen molar-refractivity contribution in [2.24, 2.45) is 0 Å². The van der Waals surface area contributed by atoms with E-state index in [1.807, 2.05) is 34.6 Å². The Morgan fingerprint density at radius 1 is 1.35 bits per heavy atom. The summed E-state index contributed by atoms with van der Waals surface area (Å²) in [4.78, 5) is 36.7. The van der Waals surface area contributed by atoms with Gasteiger partial charge in [0.1, 0.15) is 12.2 Å². The van der Waals surface area contributed by atoms with Crippen LogP contribution in [-0.2, 0) is 9.47 Å². The molecule has 1 aromatic rings. The monoisotopic (exact) mass is 362 g/mol. The summed E-state index contributed by atoms with van der Waals surface area (Å²) in [5.74, 6) is 0.436. The minimum atomic E-state index is -0.554. The number of nitrogens with zero attached hydrogens (tertiary/aromatic N) is 4. The molecule has 0 N–H and O–H groups in total. The Bertz CT molecular complexity index is 713. The van der Waals surface area contributed by atoms with Gasteiger partial charge in [0.15, 0.2) is 5.82 Å². The summed E-state index contributed by atoms with van der Waals surface area (Å²) in [5.41, 5.74) is -0.396. The molecule has 3 rings (SSSR count). The van der Waals surface area contributed by atoms with Crippen LogP contribution in [0.2, 0.25) is 0 Å². The van der Waals surface area contributed by atoms with Crippen LogP contribution in [0.3, 0.4) is 0 Å². The quantitative estimate of drug-likeness (QED) is 0.803. The topological polar surface area (TPSA) is 84.9 Å². The van der Waals surface area contributed by atoms with Crippen molar-refractivity contribution in [3.8, 4) is 0 Å². The molecule has 0 bridgehead atoms. The van der Waals surface area contributed by atoms with E-state index in [0.29, 0.717) is 24.7 Å². The van der Waals surface area contributed by atoms with Crippen LogP contribution in [0, 0.1) is 0 Å². The summed E-state index contributed by atoms with van der Waals surface area (Å²) in [5, 5.41) is 0. The molecule has 0 spiro atoms. The number of hydrogen-bond acceptors (Lipinski definition) is 6. The van der Waals surface area contributed by atoms with Gasteiger partial charge in [-0.2, -0.15) is 0 Å². The fraction of sp³-hybridized carbons (Fsp3) is 0.667. The molecule has 0 unspecified atom stereocenters. The molecule has 3 heterocycles. The van der Waals surface area contributed by atoms with Gasteiger partial charge >= 0.3 is 12.2 Å². The van der Waals surface area contributed by atoms with E-state index in [4.69, 9.17) is 9.47 Å². The highest BCUT2D eigenvalue weighted by atomic mass is 16.6. The van der Waals surface area contributed by atoms with Gasteiger partial charge in [-0.15, -0.1) is 0 Å². The third-order valence-corrected chi connectivity index (χ3v) is 4.43. The Balaban J connectivity index is 1.85. The molecule has 8 heteroatoms. The van der Waals surface area contributed by atoms with Crippen molar-refractivity contribution in [3.05, 3.63) is 18.1 Å². The highest BCUT2D eigenvalue weighted by molar-refractivity contribution is 5.90. The average molecular weight is 362 g/mol. The molecule has 0 saturated carbocycles. The van der Waals surface area contributed by atoms with Crippen LogP contribution in [0.5, 0.6) is 0 Å². The summed E-state index contributed by atoms with van der Waals surface area (Å²) in [7, 11) is 0. The van der Waals surface area contributed by atoms with Gasteiger partial charge in [0.2, 0.25) is 0 Å². The summed E-state index contributed by atoms with van der Waals surface area (Å²) >= 11 is 0. The van der Waals surface area contributed by atoms with E-state index in [9.17, 15) is 9.59 Å². The third-order valence-electron chi connectivity index (χ3n) is 4.43. The van der Waals surface area contributed by atoms with E-state index < -0.39 is 17.2 Å². The molecule has 2 fully saturated rings. The zero-order chi connectivity index (χ0) is 19.1. The van der Waals surface area contributed by atoms with E-state index >= 15 is 0 Å². The van der Waals surface area contributed by atoms with Crippen molar-refractivity contribution in [1.29, 1.82) is 0 Å². The van der Waals surface area contributed by atoms with Crippen LogP contribution >= 0.6 is 0 Å². The van der Waals surface area contributed by atoms with Crippen LogP contribution in [-0.4, -0.2) is 51.3 Å². The molecule has 2 saturated heterocycles. The fourth-order valence-electron chi connectivity index (χ4n) is 3.27. The number of anilines is 1. The Labute approximate surface area is 153 Å². The van der Waals surface area contributed by atoms with Crippen LogP contribution in [0.25, 0.3) is 0 Å². The summed E-state index contributed by atoms with van der Waals surface area (Å²) in [6.45, 7) is 10.3. The molecule has 0 aromatic carbocycles. The number of ether oxygens (including phenoxy) is 2. The molecule has 2 amide bonds. The molecule has 2 aliphatic rings. The first kappa shape index (κ1) is 18.4. The highest BCUT2D eigenvalue weighted by Crippen LogP contribution is 2.34. The van der Waals surface area contributed by atoms with Crippen LogP contribution in [0.1, 0.15) is 59.2 Å². The van der Waals surface area contributed by atoms with Crippen molar-refractivity contribution in [2.45, 2.75) is 64.6 Å². The zero-order valence-corrected chi connectivity index (χ0v) is 16.0. The minimum Gasteiger partial charge on any atom is -0.447 e. The Hall–Kier alpha value is -2.38. The van der Waals surface area contributed by atoms with E-state index in [2.05, 4.69) is 9.97 Å². The van der Waals surface area contributed by atoms with Gasteiger partial charge in [-0.25, -0.2) is 14.6 Å². The maximum absolute atomic E-state index is 12.5. The number of amides is 2. The predicted octanol–water partition coefficient (Wildman–Crippen LogP) is 3.28. The lowest BCUT2D eigenvalue weighted by atomic mass is 10.1. The van der Waals surface area contributed by atoms with E-state index in [1.165, 1.54) is 4.90 Å². The van der Waals surface area contributed by atoms with Gasteiger partial charge in [0.05, 0.1) is 29.7 Å². The number of rotatable bonds is 2. The molecule has 0 radical (unpaired) electrons. The van der Waals surface area contributed by atoms with Crippen molar-refractivity contribution in [1.82, 2.24) is 14.9 Å². The standard InChI is InChI=1S/C18H26N4O4/c1-17(2,3)26-15(23)21-8-6-7-13(21)12-9-19-10-14(20-12)22-16(24)25-11-18(22,4)5/h9-10,13H,6-8,11H2,1-5H3/t13-/m0/s1. The molecule has 8 nitrogen and oxygen atoms in total. The number of hydrogen-bond donors (Lipinski definition) is 0. The van der Waals surface area contributed by atoms with Crippen LogP contribution < -0.4 is 4.90 Å². The van der Waals surface area contributed by atoms with Gasteiger partial charge in [0.25, 0.3) is 0 Å². The third kappa shape index (κ3) is 3.59. The van der Waals surface area contributed by atoms with Gasteiger partial charge in [-0.1, -0.05) is 0 Å². The first-order valence-electron chi connectivity index (χ1n) is 8.87. The minimum absolute atomic E-state index is 0.209. The number of cyclic esters (lactones) is 1. The summed E-state index contributed by atoms with van der Waals surface area (Å²) < 4.78 is 10.7. The van der Waals surface area contributed by atoms with Crippen molar-refractivity contribution in [2.75, 3.05) is 18.1 Å². The van der Waals surface area contributed by atoms with Gasteiger partial charge < -0.3 is 9.47 Å². The second-order valence-corrected chi connectivity index (χ2v) is 8.34. The molecule has 142 valence electrons. The summed E-state index contributed by atoms with van der Waals surface area (Å²) in [6, 6.07) is -0.209. The average Bonchev–Trinajstić information content (AvgIpc) is 3.10. The number of carbonyl (C=O) groups excluding carboxylic acids is 2. The Morgan fingerprint density at radius 3 is 2.69 bits per heavy atom. The number of likely N-dealkylation sites (tertiary alicyclic amines) is 1. The molecular weight excluding hydrogens is 336 g/mol. The maximum atomic E-state index is 12.5. The number of carbonyl (C=O) groups is 2. The lowest BCUT2D eigenvalue weighted by Crippen LogP contribution is -2.43. The van der Waals surface area contributed by atoms with E-state index in [0.717, 1.165) is 12.8 Å². The van der Waals surface area contributed by atoms with E-state index in [-0.39, 0.29) is 12.1 Å². The second-order valence-electron chi connectivity index (χ2n) is 8.34. The van der Waals surface area contributed by atoms with Crippen LogP contribution in [0.15, 0.2) is 12.4 Å². The normalized spacial score (nSPS) is 22.5. The largest absolute Gasteiger partial charge is 0.447 e. The number of aromatic nitrogens is 2. The molecule has 1 atom stereocenters. The molecular formula is C18H26N4O4. The van der Waals surface area contributed by atoms with Crippen molar-refractivity contribution in [3.63, 3.8) is 0 Å². The van der Waals surface area contributed by atoms with Crippen LogP contribution in [0.4, 0.5) is 15.4 Å². The smallest absolute Gasteiger partial charge is 0.416 e. The first-order chi connectivity index (χ1) is 12.1. The molecule has 1 aromatic heterocycles. The zero-order valence-electron chi connectivity index (χ0n) is 16.0. The Kier molecular flexibility index (Phi) is 4.54. The SMILES string of the molecule is CC(C)(C)OC(=O)N1CCC[C@H]1c1cncc(N2C(=O)OCC2(C)C)n1. The van der Waals surface area contributed by atoms with Gasteiger partial charge in [-0.3, -0.25) is 14.8 Å². The first-order valence-corrected chi connectivity index (χ1v) is 8.87. The predicted molar refractivity (Wildman–Crippen MR) is 94.9 cm³/mol. The van der Waals surface area contributed by atoms with Crippen molar-refractivity contribution >= 4 is 18.0 Å². The van der Waals surface area contributed by atoms with E-state index in [1.54, 1.807) is 17.3 Å². The maximum Gasteiger partial charge on any atom is 0.416 e. The second kappa shape index (κ2) is 6.41. The molecule has 26 heavy (non-hydrogen) atoms. The molecule has 0 aliphatic carbocycles. The van der Waals surface area contributed by atoms with Gasteiger partial charge in [0, 0.05) is 6.54 Å². The summed E-state index contributed by atoms with van der Waals surface area (Å²) in [6.07, 6.45) is 4.05. The lowest BCUT2D eigenvalue weighted by molar-refractivity contribution is 0.0221. The van der Waals surface area contributed by atoms with Gasteiger partial charge in [-0.05, 0) is 47.5 Å². The fourth-order valence-corrected chi connectivity index (χ4v) is 3.27.